The molecule has 2 fully saturated rings. The molecule has 1 saturated carbocycles. The van der Waals surface area contributed by atoms with Crippen molar-refractivity contribution < 1.29 is 9.18 Å². The van der Waals surface area contributed by atoms with Crippen LogP contribution in [0.2, 0.25) is 0 Å². The van der Waals surface area contributed by atoms with Crippen LogP contribution in [-0.4, -0.2) is 71.5 Å². The number of hydrogen-bond donors (Lipinski definition) is 3. The lowest BCUT2D eigenvalue weighted by atomic mass is 10.1. The monoisotopic (exact) mass is 414 g/mol. The molecule has 0 radical (unpaired) electrons. The van der Waals surface area contributed by atoms with Crippen molar-refractivity contribution in [1.82, 2.24) is 19.7 Å². The predicted octanol–water partition coefficient (Wildman–Crippen LogP) is 1.51. The van der Waals surface area contributed by atoms with Crippen molar-refractivity contribution in [3.05, 3.63) is 23.5 Å². The number of amides is 1. The minimum absolute atomic E-state index is 0.0884. The Hall–Kier alpha value is -2.88. The van der Waals surface area contributed by atoms with Gasteiger partial charge in [0, 0.05) is 38.9 Å². The molecule has 2 aliphatic heterocycles. The number of carbonyl (C=O) groups excluding carboxylic acids is 1. The zero-order valence-electron chi connectivity index (χ0n) is 17.1. The maximum absolute atomic E-state index is 13.7. The number of halogens is 1. The number of nitrogen functional groups attached to an aromatic ring is 1. The van der Waals surface area contributed by atoms with Crippen molar-refractivity contribution in [2.75, 3.05) is 61.0 Å². The average Bonchev–Trinajstić information content (AvgIpc) is 3.51. The number of piperazine rings is 1. The first-order valence-corrected chi connectivity index (χ1v) is 10.5. The summed E-state index contributed by atoms with van der Waals surface area (Å²) in [4.78, 5) is 22.2. The average molecular weight is 414 g/mol. The van der Waals surface area contributed by atoms with Crippen molar-refractivity contribution in [3.63, 3.8) is 0 Å². The molecule has 0 bridgehead atoms. The van der Waals surface area contributed by atoms with Crippen molar-refractivity contribution >= 4 is 28.9 Å². The van der Waals surface area contributed by atoms with Crippen LogP contribution in [0.5, 0.6) is 0 Å². The number of nitrogens with two attached hydrogens (primary N) is 1. The Labute approximate surface area is 174 Å². The molecule has 2 aromatic heterocycles. The van der Waals surface area contributed by atoms with Crippen LogP contribution in [0.15, 0.2) is 12.4 Å². The molecule has 3 aliphatic rings. The number of nitrogens with zero attached hydrogens (tertiary/aromatic N) is 5. The molecule has 1 amide bonds. The summed E-state index contributed by atoms with van der Waals surface area (Å²) < 4.78 is 15.1. The zero-order valence-corrected chi connectivity index (χ0v) is 17.1. The van der Waals surface area contributed by atoms with Crippen molar-refractivity contribution in [3.8, 4) is 0 Å². The summed E-state index contributed by atoms with van der Waals surface area (Å²) in [6.07, 6.45) is 4.88. The van der Waals surface area contributed by atoms with Gasteiger partial charge in [0.1, 0.15) is 17.6 Å². The largest absolute Gasteiger partial charge is 0.381 e. The molecule has 9 nitrogen and oxygen atoms in total. The van der Waals surface area contributed by atoms with Gasteiger partial charge in [-0.05, 0) is 31.4 Å². The Balaban J connectivity index is 1.47. The van der Waals surface area contributed by atoms with Crippen LogP contribution in [-0.2, 0) is 6.54 Å². The Morgan fingerprint density at radius 3 is 2.77 bits per heavy atom. The number of alkyl halides is 1. The van der Waals surface area contributed by atoms with E-state index in [0.717, 1.165) is 44.7 Å². The van der Waals surface area contributed by atoms with E-state index in [-0.39, 0.29) is 30.4 Å². The van der Waals surface area contributed by atoms with Crippen LogP contribution >= 0.6 is 0 Å². The highest BCUT2D eigenvalue weighted by Gasteiger charge is 2.32. The first-order valence-electron chi connectivity index (χ1n) is 10.5. The van der Waals surface area contributed by atoms with E-state index in [1.807, 2.05) is 6.20 Å². The van der Waals surface area contributed by atoms with Crippen LogP contribution in [0.25, 0.3) is 0 Å². The van der Waals surface area contributed by atoms with Gasteiger partial charge in [0.05, 0.1) is 24.1 Å². The van der Waals surface area contributed by atoms with E-state index in [4.69, 9.17) is 5.73 Å². The predicted molar refractivity (Wildman–Crippen MR) is 114 cm³/mol. The molecular formula is C20H27FN8O. The number of carbonyl (C=O) groups is 1. The molecule has 10 heteroatoms. The number of aromatic nitrogens is 3. The van der Waals surface area contributed by atoms with Crippen molar-refractivity contribution in [2.24, 2.45) is 0 Å². The number of nitrogens with one attached hydrogen (secondary N) is 2. The van der Waals surface area contributed by atoms with Crippen molar-refractivity contribution in [1.29, 1.82) is 0 Å². The second-order valence-electron chi connectivity index (χ2n) is 8.41. The van der Waals surface area contributed by atoms with Gasteiger partial charge in [-0.1, -0.05) is 0 Å². The molecule has 30 heavy (non-hydrogen) atoms. The minimum Gasteiger partial charge on any atom is -0.381 e. The fourth-order valence-electron chi connectivity index (χ4n) is 4.30. The third-order valence-electron chi connectivity index (χ3n) is 6.10. The van der Waals surface area contributed by atoms with Gasteiger partial charge in [0.2, 0.25) is 0 Å². The molecule has 160 valence electrons. The van der Waals surface area contributed by atoms with Crippen LogP contribution in [0.1, 0.15) is 34.7 Å². The highest BCUT2D eigenvalue weighted by molar-refractivity contribution is 6.12. The SMILES string of the molecule is CN1CCN(c2c(NC(=O)c3c(N)nn4c3NCC(F)C4)cncc2C2CC2)CC1. The second kappa shape index (κ2) is 7.42. The van der Waals surface area contributed by atoms with E-state index < -0.39 is 6.17 Å². The standard InChI is InChI=1S/C20H27FN8O/c1-27-4-6-28(7-5-27)17-14(12-2-3-12)9-23-10-15(17)25-20(30)16-18(22)26-29-11-13(21)8-24-19(16)29/h9-10,12-13,24H,2-8,11H2,1H3,(H2,22,26)(H,25,30). The number of pyridine rings is 1. The summed E-state index contributed by atoms with van der Waals surface area (Å²) >= 11 is 0. The summed E-state index contributed by atoms with van der Waals surface area (Å²) in [5.41, 5.74) is 9.21. The van der Waals surface area contributed by atoms with Crippen LogP contribution in [0.3, 0.4) is 0 Å². The zero-order chi connectivity index (χ0) is 20.8. The quantitative estimate of drug-likeness (QED) is 0.697. The molecule has 4 heterocycles. The summed E-state index contributed by atoms with van der Waals surface area (Å²) in [7, 11) is 2.12. The van der Waals surface area contributed by atoms with E-state index in [9.17, 15) is 9.18 Å². The van der Waals surface area contributed by atoms with E-state index in [1.165, 1.54) is 10.2 Å². The number of fused-ring (bicyclic) bond motifs is 1. The molecule has 2 aromatic rings. The molecule has 1 atom stereocenters. The highest BCUT2D eigenvalue weighted by Crippen LogP contribution is 2.46. The van der Waals surface area contributed by atoms with Gasteiger partial charge in [0.25, 0.3) is 5.91 Å². The lowest BCUT2D eigenvalue weighted by Crippen LogP contribution is -2.45. The molecule has 1 saturated heterocycles. The van der Waals surface area contributed by atoms with Crippen LogP contribution < -0.4 is 21.3 Å². The maximum atomic E-state index is 13.7. The van der Waals surface area contributed by atoms with Gasteiger partial charge in [-0.2, -0.15) is 5.10 Å². The Morgan fingerprint density at radius 1 is 1.27 bits per heavy atom. The van der Waals surface area contributed by atoms with E-state index in [2.05, 4.69) is 37.6 Å². The van der Waals surface area contributed by atoms with E-state index in [1.54, 1.807) is 6.20 Å². The minimum atomic E-state index is -1.06. The summed E-state index contributed by atoms with van der Waals surface area (Å²) in [5.74, 6) is 0.702. The molecule has 4 N–H and O–H groups in total. The fourth-order valence-corrected chi connectivity index (χ4v) is 4.30. The van der Waals surface area contributed by atoms with E-state index >= 15 is 0 Å². The third kappa shape index (κ3) is 3.45. The molecule has 1 aliphatic carbocycles. The molecule has 0 aromatic carbocycles. The summed E-state index contributed by atoms with van der Waals surface area (Å²) in [6.45, 7) is 3.96. The summed E-state index contributed by atoms with van der Waals surface area (Å²) in [5, 5.41) is 10.1. The lowest BCUT2D eigenvalue weighted by molar-refractivity contribution is 0.102. The second-order valence-corrected chi connectivity index (χ2v) is 8.41. The number of anilines is 4. The fraction of sp³-hybridized carbons (Fsp3) is 0.550. The summed E-state index contributed by atoms with van der Waals surface area (Å²) in [6, 6.07) is 0. The van der Waals surface area contributed by atoms with Crippen LogP contribution in [0.4, 0.5) is 27.4 Å². The molecule has 0 spiro atoms. The van der Waals surface area contributed by atoms with Gasteiger partial charge >= 0.3 is 0 Å². The normalized spacial score (nSPS) is 21.8. The first kappa shape index (κ1) is 19.1. The van der Waals surface area contributed by atoms with Gasteiger partial charge in [0.15, 0.2) is 5.82 Å². The highest BCUT2D eigenvalue weighted by atomic mass is 19.1. The Morgan fingerprint density at radius 2 is 2.03 bits per heavy atom. The van der Waals surface area contributed by atoms with Gasteiger partial charge < -0.3 is 26.2 Å². The molecule has 1 unspecified atom stereocenters. The van der Waals surface area contributed by atoms with Crippen LogP contribution in [0, 0.1) is 0 Å². The third-order valence-corrected chi connectivity index (χ3v) is 6.10. The number of hydrogen-bond acceptors (Lipinski definition) is 7. The smallest absolute Gasteiger partial charge is 0.263 e. The number of rotatable bonds is 4. The van der Waals surface area contributed by atoms with Gasteiger partial charge in [-0.15, -0.1) is 0 Å². The molecule has 5 rings (SSSR count). The maximum Gasteiger partial charge on any atom is 0.263 e. The van der Waals surface area contributed by atoms with Crippen molar-refractivity contribution in [2.45, 2.75) is 31.5 Å². The van der Waals surface area contributed by atoms with E-state index in [0.29, 0.717) is 17.4 Å². The lowest BCUT2D eigenvalue weighted by Gasteiger charge is -2.36. The Bertz CT molecular complexity index is 964. The number of likely N-dealkylation sites (N-methyl/N-ethyl adjacent to an activating group) is 1. The first-order chi connectivity index (χ1) is 14.5. The Kier molecular flexibility index (Phi) is 4.73. The molecular weight excluding hydrogens is 387 g/mol. The van der Waals surface area contributed by atoms with Gasteiger partial charge in [-0.3, -0.25) is 9.78 Å². The topological polar surface area (TPSA) is 104 Å². The van der Waals surface area contributed by atoms with Gasteiger partial charge in [-0.25, -0.2) is 9.07 Å².